The molecular formula is C27H27BrN6O5. The second kappa shape index (κ2) is 10.0. The van der Waals surface area contributed by atoms with Crippen molar-refractivity contribution < 1.29 is 14.3 Å². The van der Waals surface area contributed by atoms with Gasteiger partial charge in [0.1, 0.15) is 0 Å². The first-order chi connectivity index (χ1) is 18.8. The van der Waals surface area contributed by atoms with Crippen LogP contribution in [0.2, 0.25) is 0 Å². The summed E-state index contributed by atoms with van der Waals surface area (Å²) in [5, 5.41) is 0. The van der Waals surface area contributed by atoms with Crippen LogP contribution < -0.4 is 25.6 Å². The Bertz CT molecular complexity index is 1700. The lowest BCUT2D eigenvalue weighted by molar-refractivity contribution is 0.0973. The minimum absolute atomic E-state index is 0.0711. The Labute approximate surface area is 231 Å². The lowest BCUT2D eigenvalue weighted by atomic mass is 10.1. The van der Waals surface area contributed by atoms with E-state index in [9.17, 15) is 14.4 Å². The molecule has 0 atom stereocenters. The van der Waals surface area contributed by atoms with Crippen molar-refractivity contribution in [1.82, 2.24) is 23.6 Å². The summed E-state index contributed by atoms with van der Waals surface area (Å²) in [7, 11) is 3.03. The molecule has 0 bridgehead atoms. The van der Waals surface area contributed by atoms with E-state index >= 15 is 0 Å². The fourth-order valence-corrected chi connectivity index (χ4v) is 5.36. The number of fused-ring (bicyclic) bond motifs is 2. The van der Waals surface area contributed by atoms with E-state index in [1.807, 2.05) is 30.3 Å². The number of ketones is 1. The van der Waals surface area contributed by atoms with Crippen molar-refractivity contribution in [1.29, 1.82) is 0 Å². The van der Waals surface area contributed by atoms with Gasteiger partial charge in [-0.15, -0.1) is 0 Å². The second-order valence-corrected chi connectivity index (χ2v) is 10.7. The zero-order valence-corrected chi connectivity index (χ0v) is 23.2. The Hall–Kier alpha value is -3.90. The van der Waals surface area contributed by atoms with Crippen LogP contribution in [0, 0.1) is 0 Å². The molecule has 2 aromatic heterocycles. The number of piperazine rings is 1. The van der Waals surface area contributed by atoms with Crippen LogP contribution in [0.15, 0.2) is 56.5 Å². The number of imidazole rings is 1. The van der Waals surface area contributed by atoms with Crippen LogP contribution >= 0.6 is 15.9 Å². The third-order valence-corrected chi connectivity index (χ3v) is 7.82. The summed E-state index contributed by atoms with van der Waals surface area (Å²) in [5.41, 5.74) is 1.24. The Morgan fingerprint density at radius 2 is 1.67 bits per heavy atom. The minimum Gasteiger partial charge on any atom is -0.454 e. The summed E-state index contributed by atoms with van der Waals surface area (Å²) in [4.78, 5) is 48.3. The maximum absolute atomic E-state index is 13.3. The Balaban J connectivity index is 1.29. The standard InChI is InChI=1S/C27H27BrN6O5/c1-30-24-23(25(36)31(2)27(30)37)34(15-20(35)18-4-6-19(28)7-5-18)26(29-24)33-11-9-32(10-12-33)14-17-3-8-21-22(13-17)39-16-38-21/h3-8,13H,9-12,14-16H2,1-2H3. The van der Waals surface area contributed by atoms with Crippen molar-refractivity contribution in [2.45, 2.75) is 13.1 Å². The maximum Gasteiger partial charge on any atom is 0.332 e. The smallest absolute Gasteiger partial charge is 0.332 e. The van der Waals surface area contributed by atoms with E-state index in [1.54, 1.807) is 23.7 Å². The van der Waals surface area contributed by atoms with Gasteiger partial charge in [0.15, 0.2) is 28.4 Å². The molecule has 6 rings (SSSR count). The number of benzene rings is 2. The highest BCUT2D eigenvalue weighted by Crippen LogP contribution is 2.33. The number of hydrogen-bond donors (Lipinski definition) is 0. The molecule has 0 N–H and O–H groups in total. The van der Waals surface area contributed by atoms with Gasteiger partial charge in [-0.1, -0.05) is 34.1 Å². The third kappa shape index (κ3) is 4.63. The number of aromatic nitrogens is 4. The molecule has 39 heavy (non-hydrogen) atoms. The van der Waals surface area contributed by atoms with E-state index in [0.717, 1.165) is 45.7 Å². The first-order valence-electron chi connectivity index (χ1n) is 12.6. The van der Waals surface area contributed by atoms with E-state index in [2.05, 4.69) is 25.7 Å². The van der Waals surface area contributed by atoms with Gasteiger partial charge in [0.2, 0.25) is 12.7 Å². The Kier molecular flexibility index (Phi) is 6.51. The highest BCUT2D eigenvalue weighted by molar-refractivity contribution is 9.10. The fourth-order valence-electron chi connectivity index (χ4n) is 5.10. The maximum atomic E-state index is 13.3. The molecule has 11 nitrogen and oxygen atoms in total. The van der Waals surface area contributed by atoms with Crippen molar-refractivity contribution in [3.63, 3.8) is 0 Å². The van der Waals surface area contributed by atoms with E-state index in [1.165, 1.54) is 11.6 Å². The van der Waals surface area contributed by atoms with Gasteiger partial charge in [0.25, 0.3) is 5.56 Å². The zero-order valence-electron chi connectivity index (χ0n) is 21.6. The largest absolute Gasteiger partial charge is 0.454 e. The number of hydrogen-bond acceptors (Lipinski definition) is 8. The van der Waals surface area contributed by atoms with Gasteiger partial charge < -0.3 is 14.4 Å². The van der Waals surface area contributed by atoms with Crippen molar-refractivity contribution in [2.75, 3.05) is 37.9 Å². The molecule has 0 amide bonds. The van der Waals surface area contributed by atoms with Crippen LogP contribution in [0.1, 0.15) is 15.9 Å². The highest BCUT2D eigenvalue weighted by atomic mass is 79.9. The molecule has 0 spiro atoms. The summed E-state index contributed by atoms with van der Waals surface area (Å²) in [6.45, 7) is 3.75. The average Bonchev–Trinajstić information content (AvgIpc) is 3.56. The van der Waals surface area contributed by atoms with Crippen molar-refractivity contribution in [3.8, 4) is 11.5 Å². The molecule has 2 aliphatic rings. The van der Waals surface area contributed by atoms with Crippen molar-refractivity contribution >= 4 is 38.8 Å². The van der Waals surface area contributed by atoms with Crippen LogP contribution in [0.25, 0.3) is 11.2 Å². The lowest BCUT2D eigenvalue weighted by Crippen LogP contribution is -2.47. The summed E-state index contributed by atoms with van der Waals surface area (Å²) >= 11 is 3.40. The van der Waals surface area contributed by atoms with Crippen LogP contribution in [0.3, 0.4) is 0 Å². The molecule has 1 saturated heterocycles. The van der Waals surface area contributed by atoms with Crippen LogP contribution in [0.5, 0.6) is 11.5 Å². The topological polar surface area (TPSA) is 104 Å². The number of nitrogens with zero attached hydrogens (tertiary/aromatic N) is 6. The first-order valence-corrected chi connectivity index (χ1v) is 13.4. The van der Waals surface area contributed by atoms with Gasteiger partial charge in [-0.05, 0) is 29.8 Å². The normalized spacial score (nSPS) is 15.3. The zero-order chi connectivity index (χ0) is 27.3. The highest BCUT2D eigenvalue weighted by Gasteiger charge is 2.27. The SMILES string of the molecule is Cn1c(=O)c2c(nc(N3CCN(Cc4ccc5c(c4)OCO5)CC3)n2CC(=O)c2ccc(Br)cc2)n(C)c1=O. The van der Waals surface area contributed by atoms with E-state index in [4.69, 9.17) is 14.5 Å². The summed E-state index contributed by atoms with van der Waals surface area (Å²) in [5.74, 6) is 1.89. The van der Waals surface area contributed by atoms with Gasteiger partial charge in [-0.25, -0.2) is 4.79 Å². The molecule has 4 heterocycles. The lowest BCUT2D eigenvalue weighted by Gasteiger charge is -2.35. The van der Waals surface area contributed by atoms with E-state index in [0.29, 0.717) is 24.6 Å². The molecule has 0 saturated carbocycles. The van der Waals surface area contributed by atoms with E-state index < -0.39 is 11.2 Å². The van der Waals surface area contributed by atoms with E-state index in [-0.39, 0.29) is 30.3 Å². The van der Waals surface area contributed by atoms with Gasteiger partial charge in [0, 0.05) is 56.9 Å². The molecule has 0 unspecified atom stereocenters. The fraction of sp³-hybridized carbons (Fsp3) is 0.333. The number of ether oxygens (including phenoxy) is 2. The van der Waals surface area contributed by atoms with Crippen molar-refractivity contribution in [3.05, 3.63) is 78.9 Å². The quantitative estimate of drug-likeness (QED) is 0.313. The molecule has 1 fully saturated rings. The number of carbonyl (C=O) groups excluding carboxylic acids is 1. The number of Topliss-reactive ketones (excluding diaryl/α,β-unsaturated/α-hetero) is 1. The molecule has 2 aliphatic heterocycles. The molecule has 2 aromatic carbocycles. The predicted octanol–water partition coefficient (Wildman–Crippen LogP) is 2.13. The summed E-state index contributed by atoms with van der Waals surface area (Å²) in [6, 6.07) is 13.1. The second-order valence-electron chi connectivity index (χ2n) is 9.76. The Morgan fingerprint density at radius 3 is 2.41 bits per heavy atom. The number of halogens is 1. The molecule has 0 aliphatic carbocycles. The number of carbonyl (C=O) groups is 1. The van der Waals surface area contributed by atoms with Crippen LogP contribution in [0.4, 0.5) is 5.95 Å². The van der Waals surface area contributed by atoms with Gasteiger partial charge in [0.05, 0.1) is 6.54 Å². The monoisotopic (exact) mass is 594 g/mol. The average molecular weight is 595 g/mol. The van der Waals surface area contributed by atoms with Gasteiger partial charge in [-0.2, -0.15) is 4.98 Å². The molecular weight excluding hydrogens is 568 g/mol. The molecule has 4 aromatic rings. The molecule has 0 radical (unpaired) electrons. The summed E-state index contributed by atoms with van der Waals surface area (Å²) in [6.07, 6.45) is 0. The van der Waals surface area contributed by atoms with Crippen molar-refractivity contribution in [2.24, 2.45) is 14.1 Å². The first kappa shape index (κ1) is 25.4. The molecule has 12 heteroatoms. The van der Waals surface area contributed by atoms with Gasteiger partial charge >= 0.3 is 5.69 Å². The van der Waals surface area contributed by atoms with Gasteiger partial charge in [-0.3, -0.25) is 28.2 Å². The Morgan fingerprint density at radius 1 is 0.949 bits per heavy atom. The number of anilines is 1. The minimum atomic E-state index is -0.475. The predicted molar refractivity (Wildman–Crippen MR) is 149 cm³/mol. The number of aryl methyl sites for hydroxylation is 1. The summed E-state index contributed by atoms with van der Waals surface area (Å²) < 4.78 is 15.9. The van der Waals surface area contributed by atoms with Crippen LogP contribution in [-0.2, 0) is 27.2 Å². The van der Waals surface area contributed by atoms with Crippen LogP contribution in [-0.4, -0.2) is 62.3 Å². The third-order valence-electron chi connectivity index (χ3n) is 7.29. The number of rotatable bonds is 6. The molecule has 202 valence electrons.